The molecule has 2 saturated heterocycles. The maximum Gasteiger partial charge on any atom is 0.245 e. The van der Waals surface area contributed by atoms with Gasteiger partial charge in [-0.05, 0) is 22.4 Å². The maximum absolute atomic E-state index is 12.9. The van der Waals surface area contributed by atoms with Gasteiger partial charge in [0.2, 0.25) is 10.0 Å². The first kappa shape index (κ1) is 15.8. The molecule has 0 spiro atoms. The highest BCUT2D eigenvalue weighted by Crippen LogP contribution is 2.31. The molecule has 2 fully saturated rings. The van der Waals surface area contributed by atoms with Crippen LogP contribution in [0.5, 0.6) is 0 Å². The number of ether oxygens (including phenoxy) is 2. The van der Waals surface area contributed by atoms with Gasteiger partial charge in [-0.2, -0.15) is 4.31 Å². The summed E-state index contributed by atoms with van der Waals surface area (Å²) < 4.78 is 42.7. The van der Waals surface area contributed by atoms with E-state index in [2.05, 4.69) is 15.2 Å². The number of nitrogens with zero attached hydrogens (tertiary/aromatic N) is 4. The lowest BCUT2D eigenvalue weighted by Crippen LogP contribution is -2.40. The first-order valence-corrected chi connectivity index (χ1v) is 9.28. The molecule has 0 bridgehead atoms. The van der Waals surface area contributed by atoms with Gasteiger partial charge in [-0.1, -0.05) is 0 Å². The van der Waals surface area contributed by atoms with E-state index in [-0.39, 0.29) is 10.4 Å². The minimum Gasteiger partial charge on any atom is -0.379 e. The molecule has 1 aromatic heterocycles. The molecule has 2 aliphatic rings. The van der Waals surface area contributed by atoms with Gasteiger partial charge in [-0.15, -0.1) is 0 Å². The molecule has 4 rings (SSSR count). The molecule has 0 N–H and O–H groups in total. The second-order valence-corrected chi connectivity index (χ2v) is 7.57. The predicted octanol–water partition coefficient (Wildman–Crippen LogP) is 0.0803. The second kappa shape index (κ2) is 6.28. The molecule has 3 heterocycles. The van der Waals surface area contributed by atoms with E-state index in [9.17, 15) is 8.42 Å². The molecule has 2 aromatic rings. The van der Waals surface area contributed by atoms with Crippen molar-refractivity contribution in [2.45, 2.75) is 4.90 Å². The van der Waals surface area contributed by atoms with Crippen molar-refractivity contribution in [1.82, 2.24) is 14.6 Å². The van der Waals surface area contributed by atoms with E-state index in [1.54, 1.807) is 12.1 Å². The summed E-state index contributed by atoms with van der Waals surface area (Å²) in [5, 5.41) is 7.79. The second-order valence-electron chi connectivity index (χ2n) is 5.66. The highest BCUT2D eigenvalue weighted by Gasteiger charge is 2.31. The van der Waals surface area contributed by atoms with Crippen LogP contribution >= 0.6 is 0 Å². The van der Waals surface area contributed by atoms with E-state index in [1.807, 2.05) is 0 Å². The van der Waals surface area contributed by atoms with Crippen molar-refractivity contribution in [3.05, 3.63) is 12.1 Å². The summed E-state index contributed by atoms with van der Waals surface area (Å²) in [6, 6.07) is 3.35. The van der Waals surface area contributed by atoms with Gasteiger partial charge >= 0.3 is 0 Å². The van der Waals surface area contributed by atoms with Crippen molar-refractivity contribution in [3.63, 3.8) is 0 Å². The zero-order chi connectivity index (χ0) is 16.6. The third kappa shape index (κ3) is 2.65. The molecule has 9 nitrogen and oxygen atoms in total. The highest BCUT2D eigenvalue weighted by atomic mass is 32.2. The zero-order valence-corrected chi connectivity index (χ0v) is 13.9. The number of rotatable bonds is 3. The third-order valence-electron chi connectivity index (χ3n) is 4.30. The summed E-state index contributed by atoms with van der Waals surface area (Å²) in [7, 11) is -3.66. The molecule has 0 saturated carbocycles. The lowest BCUT2D eigenvalue weighted by Gasteiger charge is -2.29. The van der Waals surface area contributed by atoms with Gasteiger partial charge in [-0.3, -0.25) is 0 Å². The van der Waals surface area contributed by atoms with Crippen LogP contribution in [0.3, 0.4) is 0 Å². The third-order valence-corrected chi connectivity index (χ3v) is 6.23. The van der Waals surface area contributed by atoms with Crippen LogP contribution in [0.4, 0.5) is 5.69 Å². The van der Waals surface area contributed by atoms with E-state index < -0.39 is 10.0 Å². The van der Waals surface area contributed by atoms with Crippen LogP contribution in [-0.4, -0.2) is 75.6 Å². The standard InChI is InChI=1S/C14H18N4O5S/c19-24(20,18-5-9-22-10-6-18)12-2-1-11(13-14(12)16-23-15-13)17-3-7-21-8-4-17/h1-2H,3-10H2. The number of hydrogen-bond acceptors (Lipinski definition) is 8. The summed E-state index contributed by atoms with van der Waals surface area (Å²) in [6.07, 6.45) is 0. The summed E-state index contributed by atoms with van der Waals surface area (Å²) in [5.74, 6) is 0. The Bertz CT molecular complexity index is 825. The molecule has 1 aromatic carbocycles. The topological polar surface area (TPSA) is 98.0 Å². The quantitative estimate of drug-likeness (QED) is 0.764. The lowest BCUT2D eigenvalue weighted by atomic mass is 10.2. The first-order chi connectivity index (χ1) is 11.7. The molecule has 24 heavy (non-hydrogen) atoms. The molecule has 0 radical (unpaired) electrons. The zero-order valence-electron chi connectivity index (χ0n) is 13.0. The fraction of sp³-hybridized carbons (Fsp3) is 0.571. The number of aromatic nitrogens is 2. The monoisotopic (exact) mass is 354 g/mol. The Balaban J connectivity index is 1.76. The fourth-order valence-electron chi connectivity index (χ4n) is 3.02. The number of sulfonamides is 1. The number of hydrogen-bond donors (Lipinski definition) is 0. The summed E-state index contributed by atoms with van der Waals surface area (Å²) in [4.78, 5) is 2.22. The minimum absolute atomic E-state index is 0.123. The number of fused-ring (bicyclic) bond motifs is 1. The molecule has 0 aliphatic carbocycles. The van der Waals surface area contributed by atoms with Crippen LogP contribution < -0.4 is 4.90 Å². The minimum atomic E-state index is -3.66. The van der Waals surface area contributed by atoms with Crippen LogP contribution in [-0.2, 0) is 19.5 Å². The van der Waals surface area contributed by atoms with E-state index >= 15 is 0 Å². The maximum atomic E-state index is 12.9. The van der Waals surface area contributed by atoms with Gasteiger partial charge in [0.15, 0.2) is 11.0 Å². The van der Waals surface area contributed by atoms with Gasteiger partial charge in [0.05, 0.1) is 32.1 Å². The predicted molar refractivity (Wildman–Crippen MR) is 84.4 cm³/mol. The van der Waals surface area contributed by atoms with Crippen LogP contribution in [0.25, 0.3) is 11.0 Å². The Hall–Kier alpha value is -1.75. The SMILES string of the molecule is O=S(=O)(c1ccc(N2CCOCC2)c2nonc12)N1CCOCC1. The van der Waals surface area contributed by atoms with Crippen molar-refractivity contribution < 1.29 is 22.5 Å². The van der Waals surface area contributed by atoms with Crippen molar-refractivity contribution in [2.75, 3.05) is 57.5 Å². The van der Waals surface area contributed by atoms with E-state index in [0.717, 1.165) is 18.8 Å². The van der Waals surface area contributed by atoms with Crippen molar-refractivity contribution >= 4 is 26.7 Å². The van der Waals surface area contributed by atoms with Gasteiger partial charge in [0.25, 0.3) is 0 Å². The van der Waals surface area contributed by atoms with Crippen molar-refractivity contribution in [1.29, 1.82) is 0 Å². The van der Waals surface area contributed by atoms with Gasteiger partial charge in [0, 0.05) is 26.2 Å². The van der Waals surface area contributed by atoms with Crippen LogP contribution in [0, 0.1) is 0 Å². The average molecular weight is 354 g/mol. The molecular weight excluding hydrogens is 336 g/mol. The highest BCUT2D eigenvalue weighted by molar-refractivity contribution is 7.89. The van der Waals surface area contributed by atoms with E-state index in [4.69, 9.17) is 14.1 Å². The first-order valence-electron chi connectivity index (χ1n) is 7.84. The molecule has 2 aliphatic heterocycles. The van der Waals surface area contributed by atoms with Crippen LogP contribution in [0.1, 0.15) is 0 Å². The molecule has 0 unspecified atom stereocenters. The van der Waals surface area contributed by atoms with Crippen LogP contribution in [0.2, 0.25) is 0 Å². The molecule has 130 valence electrons. The Kier molecular flexibility index (Phi) is 4.12. The molecule has 10 heteroatoms. The lowest BCUT2D eigenvalue weighted by molar-refractivity contribution is 0.0730. The van der Waals surface area contributed by atoms with Crippen molar-refractivity contribution in [3.8, 4) is 0 Å². The Labute approximate surface area is 139 Å². The van der Waals surface area contributed by atoms with Gasteiger partial charge in [-0.25, -0.2) is 13.0 Å². The number of anilines is 1. The Morgan fingerprint density at radius 2 is 1.50 bits per heavy atom. The fourth-order valence-corrected chi connectivity index (χ4v) is 4.55. The summed E-state index contributed by atoms with van der Waals surface area (Å²) in [5.41, 5.74) is 1.55. The van der Waals surface area contributed by atoms with Crippen LogP contribution in [0.15, 0.2) is 21.7 Å². The Morgan fingerprint density at radius 3 is 2.21 bits per heavy atom. The van der Waals surface area contributed by atoms with Crippen molar-refractivity contribution in [2.24, 2.45) is 0 Å². The molecule has 0 atom stereocenters. The summed E-state index contributed by atoms with van der Waals surface area (Å²) >= 11 is 0. The molecule has 0 amide bonds. The normalized spacial score (nSPS) is 20.6. The summed E-state index contributed by atoms with van der Waals surface area (Å²) in [6.45, 7) is 4.15. The van der Waals surface area contributed by atoms with Gasteiger partial charge in [0.1, 0.15) is 4.90 Å². The number of morpholine rings is 2. The van der Waals surface area contributed by atoms with E-state index in [0.29, 0.717) is 45.0 Å². The smallest absolute Gasteiger partial charge is 0.245 e. The van der Waals surface area contributed by atoms with E-state index in [1.165, 1.54) is 4.31 Å². The number of benzene rings is 1. The average Bonchev–Trinajstić information content (AvgIpc) is 3.12. The largest absolute Gasteiger partial charge is 0.379 e. The Morgan fingerprint density at radius 1 is 0.875 bits per heavy atom. The molecular formula is C14H18N4O5S. The van der Waals surface area contributed by atoms with Gasteiger partial charge < -0.3 is 14.4 Å².